The quantitative estimate of drug-likeness (QED) is 0.545. The lowest BCUT2D eigenvalue weighted by atomic mass is 10.2. The Morgan fingerprint density at radius 3 is 2.59 bits per heavy atom. The van der Waals surface area contributed by atoms with Crippen LogP contribution in [-0.2, 0) is 19.6 Å². The summed E-state index contributed by atoms with van der Waals surface area (Å²) in [4.78, 5) is 0. The molecule has 2 aromatic heterocycles. The number of halogens is 3. The molecule has 0 aliphatic rings. The monoisotopic (exact) mass is 442 g/mol. The van der Waals surface area contributed by atoms with Gasteiger partial charge < -0.3 is 10.6 Å². The summed E-state index contributed by atoms with van der Waals surface area (Å²) in [5.74, 6) is 0.485. The zero-order valence-electron chi connectivity index (χ0n) is 14.4. The van der Waals surface area contributed by atoms with Crippen LogP contribution in [0.15, 0.2) is 36.8 Å². The summed E-state index contributed by atoms with van der Waals surface area (Å²) in [6, 6.07) is 5.44. The van der Waals surface area contributed by atoms with Crippen LogP contribution in [0.4, 0.5) is 5.82 Å². The van der Waals surface area contributed by atoms with Gasteiger partial charge in [-0.15, -0.1) is 0 Å². The van der Waals surface area contributed by atoms with Gasteiger partial charge in [0.05, 0.1) is 22.8 Å². The van der Waals surface area contributed by atoms with Gasteiger partial charge in [0.25, 0.3) is 0 Å². The molecule has 0 atom stereocenters. The number of thiocarbonyl (C=S) groups is 1. The average molecular weight is 444 g/mol. The van der Waals surface area contributed by atoms with Crippen LogP contribution in [0.1, 0.15) is 18.1 Å². The van der Waals surface area contributed by atoms with E-state index in [4.69, 9.17) is 47.0 Å². The Bertz CT molecular complexity index is 952. The van der Waals surface area contributed by atoms with E-state index in [9.17, 15) is 0 Å². The molecule has 1 aromatic carbocycles. The predicted molar refractivity (Wildman–Crippen MR) is 114 cm³/mol. The molecule has 2 N–H and O–H groups in total. The van der Waals surface area contributed by atoms with Gasteiger partial charge in [0.15, 0.2) is 10.9 Å². The normalized spacial score (nSPS) is 10.8. The van der Waals surface area contributed by atoms with Crippen molar-refractivity contribution in [3.63, 3.8) is 0 Å². The fraction of sp³-hybridized carbons (Fsp3) is 0.235. The van der Waals surface area contributed by atoms with Crippen LogP contribution in [0.2, 0.25) is 15.1 Å². The van der Waals surface area contributed by atoms with Gasteiger partial charge in [0.1, 0.15) is 5.02 Å². The minimum atomic E-state index is 0.431. The van der Waals surface area contributed by atoms with E-state index in [1.165, 1.54) is 0 Å². The van der Waals surface area contributed by atoms with Crippen LogP contribution in [0.5, 0.6) is 0 Å². The average Bonchev–Trinajstić information content (AvgIpc) is 3.23. The molecule has 0 saturated heterocycles. The third-order valence-corrected chi connectivity index (χ3v) is 5.00. The Morgan fingerprint density at radius 1 is 1.07 bits per heavy atom. The summed E-state index contributed by atoms with van der Waals surface area (Å²) < 4.78 is 3.56. The van der Waals surface area contributed by atoms with Crippen molar-refractivity contribution in [3.05, 3.63) is 63.0 Å². The number of benzene rings is 1. The smallest absolute Gasteiger partial charge is 0.173 e. The molecule has 0 unspecified atom stereocenters. The van der Waals surface area contributed by atoms with Crippen molar-refractivity contribution in [2.45, 2.75) is 26.6 Å². The van der Waals surface area contributed by atoms with Crippen molar-refractivity contribution in [2.75, 3.05) is 5.32 Å². The van der Waals surface area contributed by atoms with Crippen LogP contribution < -0.4 is 10.6 Å². The second kappa shape index (κ2) is 8.93. The van der Waals surface area contributed by atoms with Gasteiger partial charge in [-0.3, -0.25) is 9.36 Å². The summed E-state index contributed by atoms with van der Waals surface area (Å²) >= 11 is 23.6. The molecule has 0 fully saturated rings. The molecular formula is C17H17Cl3N6S. The second-order valence-corrected chi connectivity index (χ2v) is 7.41. The van der Waals surface area contributed by atoms with Crippen molar-refractivity contribution < 1.29 is 0 Å². The minimum Gasteiger partial charge on any atom is -0.358 e. The van der Waals surface area contributed by atoms with E-state index in [1.807, 2.05) is 23.9 Å². The molecule has 10 heteroatoms. The van der Waals surface area contributed by atoms with Crippen LogP contribution in [0.25, 0.3) is 0 Å². The Labute approximate surface area is 177 Å². The number of nitrogens with one attached hydrogen (secondary N) is 2. The number of aromatic nitrogens is 4. The van der Waals surface area contributed by atoms with E-state index < -0.39 is 0 Å². The number of nitrogens with zero attached hydrogens (tertiary/aromatic N) is 4. The highest BCUT2D eigenvalue weighted by molar-refractivity contribution is 7.80. The summed E-state index contributed by atoms with van der Waals surface area (Å²) in [6.07, 6.45) is 5.49. The van der Waals surface area contributed by atoms with E-state index in [1.54, 1.807) is 29.2 Å². The van der Waals surface area contributed by atoms with Gasteiger partial charge in [-0.25, -0.2) is 0 Å². The van der Waals surface area contributed by atoms with Crippen molar-refractivity contribution in [2.24, 2.45) is 0 Å². The van der Waals surface area contributed by atoms with E-state index in [-0.39, 0.29) is 0 Å². The second-order valence-electron chi connectivity index (χ2n) is 5.78. The largest absolute Gasteiger partial charge is 0.358 e. The van der Waals surface area contributed by atoms with Crippen molar-refractivity contribution in [1.82, 2.24) is 24.9 Å². The Balaban J connectivity index is 1.58. The van der Waals surface area contributed by atoms with Crippen molar-refractivity contribution in [3.8, 4) is 0 Å². The molecule has 6 nitrogen and oxygen atoms in total. The number of anilines is 1. The van der Waals surface area contributed by atoms with Gasteiger partial charge in [-0.2, -0.15) is 10.2 Å². The maximum atomic E-state index is 6.26. The molecule has 0 aliphatic carbocycles. The topological polar surface area (TPSA) is 59.7 Å². The molecule has 2 heterocycles. The van der Waals surface area contributed by atoms with E-state index in [0.717, 1.165) is 17.7 Å². The SMILES string of the molecule is CCn1cc(CNC(=S)Nc2nn(Cc3ccc(Cl)c(Cl)c3)cc2Cl)cn1. The van der Waals surface area contributed by atoms with Crippen LogP contribution in [0, 0.1) is 0 Å². The molecule has 3 aromatic rings. The lowest BCUT2D eigenvalue weighted by Gasteiger charge is -2.08. The third kappa shape index (κ3) is 5.35. The van der Waals surface area contributed by atoms with Crippen LogP contribution >= 0.6 is 47.0 Å². The molecule has 0 amide bonds. The number of aryl methyl sites for hydroxylation is 1. The highest BCUT2D eigenvalue weighted by Crippen LogP contribution is 2.24. The molecule has 3 rings (SSSR count). The van der Waals surface area contributed by atoms with Gasteiger partial charge >= 0.3 is 0 Å². The Kier molecular flexibility index (Phi) is 6.59. The standard InChI is InChI=1S/C17H17Cl3N6S/c1-2-25-9-12(7-22-25)6-21-17(27)23-16-15(20)10-26(24-16)8-11-3-4-13(18)14(19)5-11/h3-5,7,9-10H,2,6,8H2,1H3,(H2,21,23,24,27). The molecule has 142 valence electrons. The first-order valence-electron chi connectivity index (χ1n) is 8.17. The Morgan fingerprint density at radius 2 is 1.89 bits per heavy atom. The molecule has 27 heavy (non-hydrogen) atoms. The van der Waals surface area contributed by atoms with E-state index >= 15 is 0 Å². The first-order chi connectivity index (χ1) is 12.9. The fourth-order valence-electron chi connectivity index (χ4n) is 2.39. The summed E-state index contributed by atoms with van der Waals surface area (Å²) in [6.45, 7) is 3.93. The predicted octanol–water partition coefficient (Wildman–Crippen LogP) is 4.59. The van der Waals surface area contributed by atoms with E-state index in [2.05, 4.69) is 20.8 Å². The van der Waals surface area contributed by atoms with Crippen molar-refractivity contribution in [1.29, 1.82) is 0 Å². The maximum Gasteiger partial charge on any atom is 0.173 e. The van der Waals surface area contributed by atoms with Gasteiger partial charge in [0.2, 0.25) is 0 Å². The Hall–Kier alpha value is -1.80. The molecular weight excluding hydrogens is 427 g/mol. The molecule has 0 bridgehead atoms. The van der Waals surface area contributed by atoms with Gasteiger partial charge in [-0.05, 0) is 36.8 Å². The highest BCUT2D eigenvalue weighted by atomic mass is 35.5. The van der Waals surface area contributed by atoms with Gasteiger partial charge in [-0.1, -0.05) is 40.9 Å². The number of rotatable bonds is 6. The molecule has 0 saturated carbocycles. The van der Waals surface area contributed by atoms with E-state index in [0.29, 0.717) is 39.1 Å². The van der Waals surface area contributed by atoms with Crippen molar-refractivity contribution >= 4 is 58.0 Å². The summed E-state index contributed by atoms with van der Waals surface area (Å²) in [5, 5.41) is 16.7. The summed E-state index contributed by atoms with van der Waals surface area (Å²) in [7, 11) is 0. The van der Waals surface area contributed by atoms with Gasteiger partial charge in [0, 0.05) is 31.0 Å². The lowest BCUT2D eigenvalue weighted by Crippen LogP contribution is -2.28. The maximum absolute atomic E-state index is 6.26. The first-order valence-corrected chi connectivity index (χ1v) is 9.72. The lowest BCUT2D eigenvalue weighted by molar-refractivity contribution is 0.659. The number of hydrogen-bond donors (Lipinski definition) is 2. The zero-order valence-corrected chi connectivity index (χ0v) is 17.5. The zero-order chi connectivity index (χ0) is 19.4. The minimum absolute atomic E-state index is 0.431. The van der Waals surface area contributed by atoms with Crippen LogP contribution in [0.3, 0.4) is 0 Å². The third-order valence-electron chi connectivity index (χ3n) is 3.74. The number of hydrogen-bond acceptors (Lipinski definition) is 3. The summed E-state index contributed by atoms with van der Waals surface area (Å²) in [5.41, 5.74) is 2.00. The fourth-order valence-corrected chi connectivity index (χ4v) is 3.08. The first kappa shape index (κ1) is 19.9. The highest BCUT2D eigenvalue weighted by Gasteiger charge is 2.10. The van der Waals surface area contributed by atoms with Crippen LogP contribution in [-0.4, -0.2) is 24.7 Å². The molecule has 0 spiro atoms. The molecule has 0 radical (unpaired) electrons. The molecule has 0 aliphatic heterocycles.